The molecule has 1 aliphatic rings. The van der Waals surface area contributed by atoms with Crippen LogP contribution in [0.25, 0.3) is 0 Å². The lowest BCUT2D eigenvalue weighted by atomic mass is 10.0. The number of carbonyl (C=O) groups excluding carboxylic acids is 2. The standard InChI is InChI=1S/C15H13NO4S/c1-8(17)13-12(15(18)19-2)16-14(21-13)10-7-20-11-6-4-3-5-9(10)11/h3-6,10H,7H2,1-2H3. The van der Waals surface area contributed by atoms with Gasteiger partial charge in [-0.2, -0.15) is 0 Å². The monoisotopic (exact) mass is 303 g/mol. The molecule has 3 rings (SSSR count). The zero-order chi connectivity index (χ0) is 15.0. The molecular formula is C15H13NO4S. The second kappa shape index (κ2) is 5.29. The normalized spacial score (nSPS) is 16.2. The number of carbonyl (C=O) groups is 2. The van der Waals surface area contributed by atoms with E-state index in [2.05, 4.69) is 4.98 Å². The Hall–Kier alpha value is -2.21. The van der Waals surface area contributed by atoms with Crippen molar-refractivity contribution in [2.24, 2.45) is 0 Å². The van der Waals surface area contributed by atoms with Crippen molar-refractivity contribution in [1.29, 1.82) is 0 Å². The van der Waals surface area contributed by atoms with Gasteiger partial charge < -0.3 is 9.47 Å². The first-order valence-corrected chi connectivity index (χ1v) is 7.25. The van der Waals surface area contributed by atoms with Crippen molar-refractivity contribution >= 4 is 23.1 Å². The van der Waals surface area contributed by atoms with Crippen molar-refractivity contribution < 1.29 is 19.1 Å². The minimum Gasteiger partial charge on any atom is -0.492 e. The van der Waals surface area contributed by atoms with Gasteiger partial charge in [0.1, 0.15) is 22.2 Å². The quantitative estimate of drug-likeness (QED) is 0.644. The summed E-state index contributed by atoms with van der Waals surface area (Å²) in [6.07, 6.45) is 0. The number of nitrogens with zero attached hydrogens (tertiary/aromatic N) is 1. The highest BCUT2D eigenvalue weighted by atomic mass is 32.1. The maximum atomic E-state index is 11.8. The van der Waals surface area contributed by atoms with Crippen molar-refractivity contribution in [2.75, 3.05) is 13.7 Å². The van der Waals surface area contributed by atoms with E-state index in [0.29, 0.717) is 16.5 Å². The molecule has 5 nitrogen and oxygen atoms in total. The lowest BCUT2D eigenvalue weighted by molar-refractivity contribution is 0.0591. The highest BCUT2D eigenvalue weighted by Crippen LogP contribution is 2.40. The Bertz CT molecular complexity index is 722. The predicted molar refractivity (Wildman–Crippen MR) is 77.2 cm³/mol. The molecule has 0 amide bonds. The average molecular weight is 303 g/mol. The summed E-state index contributed by atoms with van der Waals surface area (Å²) in [5, 5.41) is 0.700. The molecule has 1 aromatic heterocycles. The SMILES string of the molecule is COC(=O)c1nc(C2COc3ccccc32)sc1C(C)=O. The van der Waals surface area contributed by atoms with Crippen LogP contribution in [0.15, 0.2) is 24.3 Å². The number of rotatable bonds is 3. The fraction of sp³-hybridized carbons (Fsp3) is 0.267. The third kappa shape index (κ3) is 2.31. The van der Waals surface area contributed by atoms with Gasteiger partial charge in [-0.3, -0.25) is 4.79 Å². The lowest BCUT2D eigenvalue weighted by Crippen LogP contribution is -2.08. The molecule has 0 fully saturated rings. The molecule has 0 aliphatic carbocycles. The van der Waals surface area contributed by atoms with Gasteiger partial charge in [0.15, 0.2) is 11.5 Å². The van der Waals surface area contributed by atoms with Crippen LogP contribution in [0.3, 0.4) is 0 Å². The number of hydrogen-bond acceptors (Lipinski definition) is 6. The largest absolute Gasteiger partial charge is 0.492 e. The summed E-state index contributed by atoms with van der Waals surface area (Å²) in [6, 6.07) is 7.71. The van der Waals surface area contributed by atoms with Crippen LogP contribution >= 0.6 is 11.3 Å². The Balaban J connectivity index is 2.05. The summed E-state index contributed by atoms with van der Waals surface area (Å²) in [6.45, 7) is 1.88. The van der Waals surface area contributed by atoms with Crippen LogP contribution in [0.2, 0.25) is 0 Å². The third-order valence-electron chi connectivity index (χ3n) is 3.34. The Morgan fingerprint density at radius 1 is 1.38 bits per heavy atom. The molecule has 0 saturated heterocycles. The first kappa shape index (κ1) is 13.8. The maximum Gasteiger partial charge on any atom is 0.358 e. The molecule has 0 N–H and O–H groups in total. The van der Waals surface area contributed by atoms with Crippen molar-refractivity contribution in [3.8, 4) is 5.75 Å². The Morgan fingerprint density at radius 3 is 2.86 bits per heavy atom. The lowest BCUT2D eigenvalue weighted by Gasteiger charge is -2.03. The van der Waals surface area contributed by atoms with E-state index in [1.165, 1.54) is 25.4 Å². The highest BCUT2D eigenvalue weighted by molar-refractivity contribution is 7.14. The fourth-order valence-electron chi connectivity index (χ4n) is 2.33. The van der Waals surface area contributed by atoms with Crippen LogP contribution in [-0.4, -0.2) is 30.5 Å². The number of benzene rings is 1. The Labute approximate surface area is 125 Å². The minimum absolute atomic E-state index is 0.0530. The molecule has 0 radical (unpaired) electrons. The number of fused-ring (bicyclic) bond motifs is 1. The van der Waals surface area contributed by atoms with E-state index in [9.17, 15) is 9.59 Å². The van der Waals surface area contributed by atoms with Crippen LogP contribution in [0.5, 0.6) is 5.75 Å². The maximum absolute atomic E-state index is 11.8. The van der Waals surface area contributed by atoms with Gasteiger partial charge in [0.05, 0.1) is 13.0 Å². The van der Waals surface area contributed by atoms with Gasteiger partial charge in [-0.1, -0.05) is 18.2 Å². The first-order chi connectivity index (χ1) is 10.1. The van der Waals surface area contributed by atoms with Gasteiger partial charge in [0.25, 0.3) is 0 Å². The summed E-state index contributed by atoms with van der Waals surface area (Å²) in [7, 11) is 1.28. The van der Waals surface area contributed by atoms with Gasteiger partial charge in [0.2, 0.25) is 0 Å². The Morgan fingerprint density at radius 2 is 2.14 bits per heavy atom. The van der Waals surface area contributed by atoms with Crippen molar-refractivity contribution in [3.63, 3.8) is 0 Å². The number of ether oxygens (including phenoxy) is 2. The zero-order valence-corrected chi connectivity index (χ0v) is 12.4. The number of para-hydroxylation sites is 1. The molecule has 1 aromatic carbocycles. The number of methoxy groups -OCH3 is 1. The third-order valence-corrected chi connectivity index (χ3v) is 4.61. The molecule has 1 unspecified atom stereocenters. The van der Waals surface area contributed by atoms with E-state index in [4.69, 9.17) is 9.47 Å². The summed E-state index contributed by atoms with van der Waals surface area (Å²) >= 11 is 1.23. The van der Waals surface area contributed by atoms with E-state index < -0.39 is 5.97 Å². The summed E-state index contributed by atoms with van der Waals surface area (Å²) < 4.78 is 10.3. The fourth-order valence-corrected chi connectivity index (χ4v) is 3.38. The molecule has 0 saturated carbocycles. The van der Waals surface area contributed by atoms with E-state index in [0.717, 1.165) is 11.3 Å². The number of esters is 1. The zero-order valence-electron chi connectivity index (χ0n) is 11.6. The van der Waals surface area contributed by atoms with Crippen LogP contribution in [0.4, 0.5) is 0 Å². The van der Waals surface area contributed by atoms with E-state index in [-0.39, 0.29) is 17.4 Å². The molecule has 1 aliphatic heterocycles. The van der Waals surface area contributed by atoms with Crippen molar-refractivity contribution in [1.82, 2.24) is 4.98 Å². The van der Waals surface area contributed by atoms with Crippen LogP contribution in [0.1, 0.15) is 43.6 Å². The summed E-state index contributed by atoms with van der Waals surface area (Å²) in [5.74, 6) is -0.00866. The van der Waals surface area contributed by atoms with E-state index in [1.807, 2.05) is 24.3 Å². The van der Waals surface area contributed by atoms with Crippen LogP contribution < -0.4 is 4.74 Å². The Kier molecular flexibility index (Phi) is 3.47. The number of thiazole rings is 1. The van der Waals surface area contributed by atoms with E-state index >= 15 is 0 Å². The molecule has 21 heavy (non-hydrogen) atoms. The number of hydrogen-bond donors (Lipinski definition) is 0. The molecule has 6 heteroatoms. The predicted octanol–water partition coefficient (Wildman–Crippen LogP) is 2.66. The van der Waals surface area contributed by atoms with Crippen LogP contribution in [-0.2, 0) is 4.74 Å². The van der Waals surface area contributed by atoms with Gasteiger partial charge >= 0.3 is 5.97 Å². The minimum atomic E-state index is -0.588. The molecule has 2 aromatic rings. The highest BCUT2D eigenvalue weighted by Gasteiger charge is 2.31. The molecule has 0 spiro atoms. The molecule has 1 atom stereocenters. The number of ketones is 1. The average Bonchev–Trinajstić information content (AvgIpc) is 3.10. The van der Waals surface area contributed by atoms with Gasteiger partial charge in [-0.25, -0.2) is 9.78 Å². The second-order valence-corrected chi connectivity index (χ2v) is 5.71. The molecule has 2 heterocycles. The first-order valence-electron chi connectivity index (χ1n) is 6.43. The molecular weight excluding hydrogens is 290 g/mol. The van der Waals surface area contributed by atoms with Gasteiger partial charge in [-0.15, -0.1) is 11.3 Å². The van der Waals surface area contributed by atoms with Gasteiger partial charge in [0, 0.05) is 12.5 Å². The number of aromatic nitrogens is 1. The second-order valence-electron chi connectivity index (χ2n) is 4.68. The smallest absolute Gasteiger partial charge is 0.358 e. The topological polar surface area (TPSA) is 65.5 Å². The van der Waals surface area contributed by atoms with E-state index in [1.54, 1.807) is 0 Å². The van der Waals surface area contributed by atoms with Crippen molar-refractivity contribution in [2.45, 2.75) is 12.8 Å². The van der Waals surface area contributed by atoms with Gasteiger partial charge in [-0.05, 0) is 6.07 Å². The summed E-state index contributed by atoms with van der Waals surface area (Å²) in [4.78, 5) is 28.1. The molecule has 0 bridgehead atoms. The summed E-state index contributed by atoms with van der Waals surface area (Å²) in [5.41, 5.74) is 1.12. The van der Waals surface area contributed by atoms with Crippen LogP contribution in [0, 0.1) is 0 Å². The number of Topliss-reactive ketones (excluding diaryl/α,β-unsaturated/α-hetero) is 1. The molecule has 108 valence electrons. The van der Waals surface area contributed by atoms with Crippen molar-refractivity contribution in [3.05, 3.63) is 45.4 Å².